The minimum atomic E-state index is -3.98. The monoisotopic (exact) mass is 324 g/mol. The van der Waals surface area contributed by atoms with Crippen molar-refractivity contribution < 1.29 is 21.2 Å². The second-order valence-corrected chi connectivity index (χ2v) is 8.65. The molecule has 0 fully saturated rings. The van der Waals surface area contributed by atoms with Crippen LogP contribution in [0.2, 0.25) is 0 Å². The number of nitrogens with two attached hydrogens (primary N) is 1. The van der Waals surface area contributed by atoms with Gasteiger partial charge in [-0.3, -0.25) is 0 Å². The molecule has 0 aliphatic heterocycles. The highest BCUT2D eigenvalue weighted by molar-refractivity contribution is 7.91. The summed E-state index contributed by atoms with van der Waals surface area (Å²) in [6.07, 6.45) is 1.01. The van der Waals surface area contributed by atoms with Crippen molar-refractivity contribution in [2.45, 2.75) is 11.4 Å². The molecule has 0 spiro atoms. The molecule has 20 heavy (non-hydrogen) atoms. The third-order valence-corrected chi connectivity index (χ3v) is 5.61. The van der Waals surface area contributed by atoms with Crippen molar-refractivity contribution in [1.82, 2.24) is 4.31 Å². The number of sulfone groups is 1. The zero-order valence-electron chi connectivity index (χ0n) is 11.2. The molecule has 0 aromatic heterocycles. The first-order chi connectivity index (χ1) is 9.09. The highest BCUT2D eigenvalue weighted by Gasteiger charge is 2.25. The molecule has 2 N–H and O–H groups in total. The fourth-order valence-corrected chi connectivity index (χ4v) is 3.69. The summed E-state index contributed by atoms with van der Waals surface area (Å²) in [7, 11) is -6.03. The average Bonchev–Trinajstić information content (AvgIpc) is 2.34. The number of benzene rings is 1. The van der Waals surface area contributed by atoms with Gasteiger partial charge in [0.25, 0.3) is 0 Å². The average molecular weight is 324 g/mol. The molecule has 6 nitrogen and oxygen atoms in total. The van der Waals surface area contributed by atoms with Gasteiger partial charge >= 0.3 is 0 Å². The molecule has 0 aliphatic rings. The molecule has 1 rings (SSSR count). The van der Waals surface area contributed by atoms with Gasteiger partial charge in [0.2, 0.25) is 10.0 Å². The molecule has 0 bridgehead atoms. The zero-order chi connectivity index (χ0) is 15.6. The van der Waals surface area contributed by atoms with Gasteiger partial charge in [-0.25, -0.2) is 21.2 Å². The molecule has 0 unspecified atom stereocenters. The Kier molecular flexibility index (Phi) is 5.25. The lowest BCUT2D eigenvalue weighted by atomic mass is 10.2. The minimum Gasteiger partial charge on any atom is -0.326 e. The summed E-state index contributed by atoms with van der Waals surface area (Å²) < 4.78 is 61.2. The van der Waals surface area contributed by atoms with Crippen LogP contribution in [0.1, 0.15) is 5.56 Å². The van der Waals surface area contributed by atoms with E-state index in [-0.39, 0.29) is 29.3 Å². The van der Waals surface area contributed by atoms with Crippen molar-refractivity contribution >= 4 is 19.9 Å². The summed E-state index contributed by atoms with van der Waals surface area (Å²) in [5, 5.41) is 0. The Bertz CT molecular complexity index is 686. The van der Waals surface area contributed by atoms with Crippen molar-refractivity contribution in [1.29, 1.82) is 0 Å². The maximum atomic E-state index is 13.6. The molecule has 9 heteroatoms. The van der Waals surface area contributed by atoms with Gasteiger partial charge in [0.05, 0.1) is 10.6 Å². The molecule has 0 saturated heterocycles. The Labute approximate surface area is 118 Å². The number of hydrogen-bond acceptors (Lipinski definition) is 5. The number of nitrogens with zero attached hydrogens (tertiary/aromatic N) is 1. The predicted molar refractivity (Wildman–Crippen MR) is 73.8 cm³/mol. The normalized spacial score (nSPS) is 12.8. The fraction of sp³-hybridized carbons (Fsp3) is 0.455. The molecule has 0 amide bonds. The van der Waals surface area contributed by atoms with Crippen molar-refractivity contribution in [2.24, 2.45) is 5.73 Å². The number of hydrogen-bond donors (Lipinski definition) is 1. The summed E-state index contributed by atoms with van der Waals surface area (Å²) in [6.45, 7) is -0.469. The minimum absolute atomic E-state index is 0.112. The van der Waals surface area contributed by atoms with E-state index in [1.54, 1.807) is 0 Å². The van der Waals surface area contributed by atoms with E-state index in [1.165, 1.54) is 19.2 Å². The molecular formula is C11H17FN2O4S2. The summed E-state index contributed by atoms with van der Waals surface area (Å²) in [6, 6.07) is 3.64. The molecule has 0 aliphatic carbocycles. The van der Waals surface area contributed by atoms with Crippen LogP contribution in [0, 0.1) is 5.82 Å². The molecule has 0 heterocycles. The molecule has 0 saturated carbocycles. The zero-order valence-corrected chi connectivity index (χ0v) is 12.8. The standard InChI is InChI=1S/C11H17FN2O4S2/c1-14(6-7-19(2,15)16)20(17,18)11-5-3-4-10(12)9(11)8-13/h3-5H,6-8,13H2,1-2H3. The summed E-state index contributed by atoms with van der Waals surface area (Å²) in [5.74, 6) is -1.01. The van der Waals surface area contributed by atoms with E-state index in [9.17, 15) is 21.2 Å². The van der Waals surface area contributed by atoms with Crippen LogP contribution < -0.4 is 5.73 Å². The van der Waals surface area contributed by atoms with Crippen molar-refractivity contribution in [3.63, 3.8) is 0 Å². The molecule has 1 aromatic rings. The first-order valence-corrected chi connectivity index (χ1v) is 9.21. The van der Waals surface area contributed by atoms with E-state index in [2.05, 4.69) is 0 Å². The van der Waals surface area contributed by atoms with Crippen LogP contribution in [-0.4, -0.2) is 46.7 Å². The molecular weight excluding hydrogens is 307 g/mol. The number of rotatable bonds is 6. The second-order valence-electron chi connectivity index (χ2n) is 4.38. The summed E-state index contributed by atoms with van der Waals surface area (Å²) in [5.41, 5.74) is 5.26. The molecule has 0 radical (unpaired) electrons. The largest absolute Gasteiger partial charge is 0.326 e. The number of halogens is 1. The smallest absolute Gasteiger partial charge is 0.243 e. The SMILES string of the molecule is CN(CCS(C)(=O)=O)S(=O)(=O)c1cccc(F)c1CN. The molecule has 114 valence electrons. The summed E-state index contributed by atoms with van der Waals surface area (Å²) in [4.78, 5) is -0.240. The fourth-order valence-electron chi connectivity index (χ4n) is 1.56. The van der Waals surface area contributed by atoms with E-state index in [1.807, 2.05) is 0 Å². The van der Waals surface area contributed by atoms with Gasteiger partial charge in [0.1, 0.15) is 15.7 Å². The predicted octanol–water partition coefficient (Wildman–Crippen LogP) is -0.0505. The van der Waals surface area contributed by atoms with E-state index < -0.39 is 25.7 Å². The third-order valence-electron chi connectivity index (χ3n) is 2.75. The lowest BCUT2D eigenvalue weighted by molar-refractivity contribution is 0.482. The van der Waals surface area contributed by atoms with Gasteiger partial charge in [0, 0.05) is 32.0 Å². The number of sulfonamides is 1. The van der Waals surface area contributed by atoms with Crippen LogP contribution in [0.5, 0.6) is 0 Å². The Morgan fingerprint density at radius 2 is 1.85 bits per heavy atom. The van der Waals surface area contributed by atoms with E-state index in [0.717, 1.165) is 16.6 Å². The third kappa shape index (κ3) is 3.98. The lowest BCUT2D eigenvalue weighted by Gasteiger charge is -2.18. The highest BCUT2D eigenvalue weighted by atomic mass is 32.2. The van der Waals surface area contributed by atoms with Crippen LogP contribution in [0.4, 0.5) is 4.39 Å². The van der Waals surface area contributed by atoms with E-state index in [0.29, 0.717) is 0 Å². The highest BCUT2D eigenvalue weighted by Crippen LogP contribution is 2.21. The van der Waals surface area contributed by atoms with Crippen LogP contribution in [0.15, 0.2) is 23.1 Å². The van der Waals surface area contributed by atoms with Crippen LogP contribution in [0.25, 0.3) is 0 Å². The Balaban J connectivity index is 3.14. The van der Waals surface area contributed by atoms with E-state index >= 15 is 0 Å². The van der Waals surface area contributed by atoms with Gasteiger partial charge in [-0.2, -0.15) is 4.31 Å². The van der Waals surface area contributed by atoms with Gasteiger partial charge in [-0.05, 0) is 12.1 Å². The van der Waals surface area contributed by atoms with Crippen molar-refractivity contribution in [3.05, 3.63) is 29.6 Å². The molecule has 0 atom stereocenters. The van der Waals surface area contributed by atoms with Crippen molar-refractivity contribution in [2.75, 3.05) is 25.6 Å². The van der Waals surface area contributed by atoms with Crippen LogP contribution in [0.3, 0.4) is 0 Å². The second kappa shape index (κ2) is 6.17. The van der Waals surface area contributed by atoms with Crippen LogP contribution >= 0.6 is 0 Å². The van der Waals surface area contributed by atoms with Gasteiger partial charge in [0.15, 0.2) is 0 Å². The summed E-state index contributed by atoms with van der Waals surface area (Å²) >= 11 is 0. The topological polar surface area (TPSA) is 97.5 Å². The Hall–Kier alpha value is -1.03. The quantitative estimate of drug-likeness (QED) is 0.791. The van der Waals surface area contributed by atoms with E-state index in [4.69, 9.17) is 5.73 Å². The Morgan fingerprint density at radius 3 is 2.35 bits per heavy atom. The maximum Gasteiger partial charge on any atom is 0.243 e. The van der Waals surface area contributed by atoms with Gasteiger partial charge < -0.3 is 5.73 Å². The first kappa shape index (κ1) is 17.0. The van der Waals surface area contributed by atoms with Gasteiger partial charge in [-0.15, -0.1) is 0 Å². The Morgan fingerprint density at radius 1 is 1.25 bits per heavy atom. The lowest BCUT2D eigenvalue weighted by Crippen LogP contribution is -2.32. The van der Waals surface area contributed by atoms with Gasteiger partial charge in [-0.1, -0.05) is 6.07 Å². The van der Waals surface area contributed by atoms with Crippen molar-refractivity contribution in [3.8, 4) is 0 Å². The first-order valence-electron chi connectivity index (χ1n) is 5.71. The van der Waals surface area contributed by atoms with Crippen LogP contribution in [-0.2, 0) is 26.4 Å². The molecule has 1 aromatic carbocycles. The maximum absolute atomic E-state index is 13.6.